The summed E-state index contributed by atoms with van der Waals surface area (Å²) in [5, 5.41) is 0. The van der Waals surface area contributed by atoms with Gasteiger partial charge in [-0.05, 0) is 57.8 Å². The lowest BCUT2D eigenvalue weighted by Gasteiger charge is -2.39. The molecule has 2 N–H and O–H groups in total. The van der Waals surface area contributed by atoms with E-state index in [0.29, 0.717) is 0 Å². The lowest BCUT2D eigenvalue weighted by Crippen LogP contribution is -2.49. The van der Waals surface area contributed by atoms with E-state index in [2.05, 4.69) is 16.8 Å². The zero-order valence-corrected chi connectivity index (χ0v) is 9.99. The van der Waals surface area contributed by atoms with Gasteiger partial charge < -0.3 is 15.5 Å². The normalized spacial score (nSPS) is 31.2. The van der Waals surface area contributed by atoms with Crippen LogP contribution in [-0.4, -0.2) is 56.1 Å². The smallest absolute Gasteiger partial charge is 0.00342 e. The Morgan fingerprint density at radius 3 is 2.60 bits per heavy atom. The standard InChI is InChI=1S/C12H25N3/c1-14-8-12(9-14)10-15-5-2-3-11(7-13)4-6-15/h11-12H,2-10,13H2,1H3. The summed E-state index contributed by atoms with van der Waals surface area (Å²) in [5.41, 5.74) is 5.75. The molecule has 0 aromatic rings. The minimum Gasteiger partial charge on any atom is -0.330 e. The lowest BCUT2D eigenvalue weighted by molar-refractivity contribution is 0.0916. The van der Waals surface area contributed by atoms with Crippen molar-refractivity contribution < 1.29 is 0 Å². The van der Waals surface area contributed by atoms with Crippen LogP contribution >= 0.6 is 0 Å². The van der Waals surface area contributed by atoms with Gasteiger partial charge in [0.05, 0.1) is 0 Å². The van der Waals surface area contributed by atoms with Crippen molar-refractivity contribution in [3.63, 3.8) is 0 Å². The number of nitrogens with zero attached hydrogens (tertiary/aromatic N) is 2. The van der Waals surface area contributed by atoms with Crippen molar-refractivity contribution in [3.8, 4) is 0 Å². The first-order valence-electron chi connectivity index (χ1n) is 6.39. The summed E-state index contributed by atoms with van der Waals surface area (Å²) in [6, 6.07) is 0. The van der Waals surface area contributed by atoms with Crippen LogP contribution < -0.4 is 5.73 Å². The molecule has 15 heavy (non-hydrogen) atoms. The number of hydrogen-bond donors (Lipinski definition) is 1. The summed E-state index contributed by atoms with van der Waals surface area (Å²) in [4.78, 5) is 5.07. The molecule has 2 aliphatic rings. The van der Waals surface area contributed by atoms with Crippen molar-refractivity contribution in [1.29, 1.82) is 0 Å². The van der Waals surface area contributed by atoms with E-state index in [1.54, 1.807) is 0 Å². The molecule has 0 spiro atoms. The summed E-state index contributed by atoms with van der Waals surface area (Å²) in [6.45, 7) is 7.40. The highest BCUT2D eigenvalue weighted by Crippen LogP contribution is 2.19. The molecule has 0 radical (unpaired) electrons. The van der Waals surface area contributed by atoms with Gasteiger partial charge in [0.1, 0.15) is 0 Å². The molecule has 2 rings (SSSR count). The van der Waals surface area contributed by atoms with Crippen molar-refractivity contribution in [2.45, 2.75) is 19.3 Å². The largest absolute Gasteiger partial charge is 0.330 e. The van der Waals surface area contributed by atoms with Gasteiger partial charge in [0.15, 0.2) is 0 Å². The van der Waals surface area contributed by atoms with E-state index in [-0.39, 0.29) is 0 Å². The fourth-order valence-electron chi connectivity index (χ4n) is 2.95. The van der Waals surface area contributed by atoms with E-state index in [0.717, 1.165) is 18.4 Å². The maximum Gasteiger partial charge on any atom is 0.00342 e. The first kappa shape index (κ1) is 11.4. The molecule has 2 fully saturated rings. The van der Waals surface area contributed by atoms with Crippen molar-refractivity contribution in [2.24, 2.45) is 17.6 Å². The molecule has 2 saturated heterocycles. The highest BCUT2D eigenvalue weighted by molar-refractivity contribution is 4.81. The van der Waals surface area contributed by atoms with E-state index in [1.807, 2.05) is 0 Å². The van der Waals surface area contributed by atoms with Crippen LogP contribution in [0.15, 0.2) is 0 Å². The minimum absolute atomic E-state index is 0.791. The van der Waals surface area contributed by atoms with E-state index >= 15 is 0 Å². The number of nitrogens with two attached hydrogens (primary N) is 1. The Kier molecular flexibility index (Phi) is 4.00. The van der Waals surface area contributed by atoms with Crippen molar-refractivity contribution in [1.82, 2.24) is 9.80 Å². The number of rotatable bonds is 3. The van der Waals surface area contributed by atoms with Crippen LogP contribution in [0.2, 0.25) is 0 Å². The highest BCUT2D eigenvalue weighted by atomic mass is 15.2. The Morgan fingerprint density at radius 1 is 1.13 bits per heavy atom. The third kappa shape index (κ3) is 3.16. The maximum absolute atomic E-state index is 5.75. The van der Waals surface area contributed by atoms with Crippen LogP contribution in [0.5, 0.6) is 0 Å². The van der Waals surface area contributed by atoms with Gasteiger partial charge in [-0.15, -0.1) is 0 Å². The Hall–Kier alpha value is -0.120. The summed E-state index contributed by atoms with van der Waals surface area (Å²) >= 11 is 0. The van der Waals surface area contributed by atoms with Crippen LogP contribution in [0.1, 0.15) is 19.3 Å². The number of hydrogen-bond acceptors (Lipinski definition) is 3. The summed E-state index contributed by atoms with van der Waals surface area (Å²) < 4.78 is 0. The van der Waals surface area contributed by atoms with E-state index in [4.69, 9.17) is 5.73 Å². The molecular weight excluding hydrogens is 186 g/mol. The lowest BCUT2D eigenvalue weighted by atomic mass is 10.0. The van der Waals surface area contributed by atoms with E-state index < -0.39 is 0 Å². The predicted octanol–water partition coefficient (Wildman–Crippen LogP) is 0.609. The molecule has 1 atom stereocenters. The van der Waals surface area contributed by atoms with Crippen LogP contribution in [-0.2, 0) is 0 Å². The summed E-state index contributed by atoms with van der Waals surface area (Å²) in [5.74, 6) is 1.73. The number of likely N-dealkylation sites (tertiary alicyclic amines) is 2. The fraction of sp³-hybridized carbons (Fsp3) is 1.00. The third-order valence-electron chi connectivity index (χ3n) is 3.93. The molecule has 0 aliphatic carbocycles. The monoisotopic (exact) mass is 211 g/mol. The van der Waals surface area contributed by atoms with Crippen LogP contribution in [0, 0.1) is 11.8 Å². The molecule has 2 heterocycles. The topological polar surface area (TPSA) is 32.5 Å². The molecule has 3 nitrogen and oxygen atoms in total. The molecular formula is C12H25N3. The Morgan fingerprint density at radius 2 is 1.93 bits per heavy atom. The van der Waals surface area contributed by atoms with Crippen molar-refractivity contribution >= 4 is 0 Å². The Labute approximate surface area is 93.6 Å². The van der Waals surface area contributed by atoms with Crippen molar-refractivity contribution in [3.05, 3.63) is 0 Å². The second kappa shape index (κ2) is 5.28. The SMILES string of the molecule is CN1CC(CN2CCCC(CN)CC2)C1. The molecule has 2 aliphatic heterocycles. The molecule has 0 aromatic carbocycles. The molecule has 0 amide bonds. The van der Waals surface area contributed by atoms with Gasteiger partial charge in [-0.1, -0.05) is 0 Å². The van der Waals surface area contributed by atoms with Gasteiger partial charge in [-0.3, -0.25) is 0 Å². The highest BCUT2D eigenvalue weighted by Gasteiger charge is 2.26. The Bertz CT molecular complexity index is 189. The van der Waals surface area contributed by atoms with Gasteiger partial charge in [0, 0.05) is 19.6 Å². The first-order valence-corrected chi connectivity index (χ1v) is 6.39. The Balaban J connectivity index is 1.69. The molecule has 3 heteroatoms. The molecule has 0 bridgehead atoms. The third-order valence-corrected chi connectivity index (χ3v) is 3.93. The second-order valence-electron chi connectivity index (χ2n) is 5.42. The second-order valence-corrected chi connectivity index (χ2v) is 5.42. The maximum atomic E-state index is 5.75. The zero-order valence-electron chi connectivity index (χ0n) is 9.99. The van der Waals surface area contributed by atoms with Gasteiger partial charge in [-0.2, -0.15) is 0 Å². The van der Waals surface area contributed by atoms with Crippen LogP contribution in [0.3, 0.4) is 0 Å². The summed E-state index contributed by atoms with van der Waals surface area (Å²) in [7, 11) is 2.21. The minimum atomic E-state index is 0.791. The van der Waals surface area contributed by atoms with Crippen molar-refractivity contribution in [2.75, 3.05) is 46.3 Å². The fourth-order valence-corrected chi connectivity index (χ4v) is 2.95. The average molecular weight is 211 g/mol. The summed E-state index contributed by atoms with van der Waals surface area (Å²) in [6.07, 6.45) is 4.01. The molecule has 0 saturated carbocycles. The van der Waals surface area contributed by atoms with Gasteiger partial charge in [0.25, 0.3) is 0 Å². The van der Waals surface area contributed by atoms with Gasteiger partial charge >= 0.3 is 0 Å². The van der Waals surface area contributed by atoms with Crippen LogP contribution in [0.4, 0.5) is 0 Å². The van der Waals surface area contributed by atoms with Crippen LogP contribution in [0.25, 0.3) is 0 Å². The molecule has 88 valence electrons. The van der Waals surface area contributed by atoms with Gasteiger partial charge in [-0.25, -0.2) is 0 Å². The molecule has 1 unspecified atom stereocenters. The van der Waals surface area contributed by atoms with E-state index in [9.17, 15) is 0 Å². The zero-order chi connectivity index (χ0) is 10.7. The average Bonchev–Trinajstić information content (AvgIpc) is 2.41. The first-order chi connectivity index (χ1) is 7.28. The van der Waals surface area contributed by atoms with Gasteiger partial charge in [0.2, 0.25) is 0 Å². The predicted molar refractivity (Wildman–Crippen MR) is 63.8 cm³/mol. The quantitative estimate of drug-likeness (QED) is 0.742. The molecule has 0 aromatic heterocycles. The van der Waals surface area contributed by atoms with E-state index in [1.165, 1.54) is 52.0 Å².